The van der Waals surface area contributed by atoms with Crippen molar-refractivity contribution in [3.05, 3.63) is 132 Å². The quantitative estimate of drug-likeness (QED) is 0.406. The van der Waals surface area contributed by atoms with Crippen LogP contribution in [0.3, 0.4) is 0 Å². The zero-order chi connectivity index (χ0) is 23.2. The van der Waals surface area contributed by atoms with Crippen LogP contribution in [0.2, 0.25) is 0 Å². The van der Waals surface area contributed by atoms with E-state index in [9.17, 15) is 0 Å². The fourth-order valence-corrected chi connectivity index (χ4v) is 3.99. The van der Waals surface area contributed by atoms with E-state index < -0.39 is 0 Å². The minimum atomic E-state index is 0.665. The summed E-state index contributed by atoms with van der Waals surface area (Å²) in [6, 6.07) is 20.0. The molecule has 0 saturated heterocycles. The van der Waals surface area contributed by atoms with E-state index in [-0.39, 0.29) is 0 Å². The lowest BCUT2D eigenvalue weighted by atomic mass is 10.0. The number of nitrogens with zero attached hydrogens (tertiary/aromatic N) is 3. The Kier molecular flexibility index (Phi) is 6.70. The molecule has 3 aromatic rings. The smallest absolute Gasteiger partial charge is 0.164 e. The predicted octanol–water partition coefficient (Wildman–Crippen LogP) is 7.55. The van der Waals surface area contributed by atoms with Crippen molar-refractivity contribution in [1.29, 1.82) is 0 Å². The molecule has 3 nitrogen and oxygen atoms in total. The van der Waals surface area contributed by atoms with Crippen molar-refractivity contribution in [2.75, 3.05) is 0 Å². The SMILES string of the molecule is C=C/C=C1C(C=C)=C(/C=C(\C)c2nc(-c3ccccc3)nc(-c3ccccc3)n2)CC/1=C/C. The van der Waals surface area contributed by atoms with Crippen LogP contribution in [-0.2, 0) is 0 Å². The van der Waals surface area contributed by atoms with Gasteiger partial charge in [0, 0.05) is 11.1 Å². The molecule has 0 fully saturated rings. The first-order valence-corrected chi connectivity index (χ1v) is 11.0. The van der Waals surface area contributed by atoms with Crippen LogP contribution < -0.4 is 0 Å². The summed E-state index contributed by atoms with van der Waals surface area (Å²) in [6.07, 6.45) is 11.0. The van der Waals surface area contributed by atoms with Gasteiger partial charge in [0.05, 0.1) is 0 Å². The highest BCUT2D eigenvalue weighted by atomic mass is 15.0. The lowest BCUT2D eigenvalue weighted by Crippen LogP contribution is -2.02. The molecule has 3 heteroatoms. The van der Waals surface area contributed by atoms with E-state index in [1.165, 1.54) is 16.7 Å². The van der Waals surface area contributed by atoms with Gasteiger partial charge in [0.15, 0.2) is 17.5 Å². The molecule has 0 aliphatic heterocycles. The average Bonchev–Trinajstić information content (AvgIpc) is 3.20. The molecule has 0 bridgehead atoms. The summed E-state index contributed by atoms with van der Waals surface area (Å²) in [5.74, 6) is 2.00. The topological polar surface area (TPSA) is 38.7 Å². The molecule has 0 N–H and O–H groups in total. The fraction of sp³-hybridized carbons (Fsp3) is 0.100. The molecule has 0 atom stereocenters. The van der Waals surface area contributed by atoms with Crippen LogP contribution in [0.15, 0.2) is 126 Å². The molecule has 0 radical (unpaired) electrons. The van der Waals surface area contributed by atoms with Crippen LogP contribution in [0.5, 0.6) is 0 Å². The molecule has 0 unspecified atom stereocenters. The molecule has 0 saturated carbocycles. The molecule has 0 amide bonds. The van der Waals surface area contributed by atoms with Crippen LogP contribution in [0.4, 0.5) is 0 Å². The molecule has 0 spiro atoms. The summed E-state index contributed by atoms with van der Waals surface area (Å²) in [5.41, 5.74) is 7.68. The first-order chi connectivity index (χ1) is 16.1. The van der Waals surface area contributed by atoms with Gasteiger partial charge in [-0.05, 0) is 48.1 Å². The summed E-state index contributed by atoms with van der Waals surface area (Å²) in [6.45, 7) is 12.0. The van der Waals surface area contributed by atoms with Crippen LogP contribution >= 0.6 is 0 Å². The Bertz CT molecular complexity index is 1250. The van der Waals surface area contributed by atoms with Crippen molar-refractivity contribution in [3.63, 3.8) is 0 Å². The molecule has 1 aliphatic rings. The Labute approximate surface area is 196 Å². The molecule has 2 aromatic carbocycles. The van der Waals surface area contributed by atoms with E-state index in [0.29, 0.717) is 17.5 Å². The molecule has 1 aromatic heterocycles. The second-order valence-electron chi connectivity index (χ2n) is 7.82. The minimum absolute atomic E-state index is 0.665. The maximum atomic E-state index is 4.83. The lowest BCUT2D eigenvalue weighted by molar-refractivity contribution is 1.03. The Morgan fingerprint density at radius 2 is 1.42 bits per heavy atom. The lowest BCUT2D eigenvalue weighted by Gasteiger charge is -2.09. The first-order valence-electron chi connectivity index (χ1n) is 11.0. The van der Waals surface area contributed by atoms with Gasteiger partial charge in [-0.25, -0.2) is 15.0 Å². The van der Waals surface area contributed by atoms with Crippen molar-refractivity contribution in [3.8, 4) is 22.8 Å². The Morgan fingerprint density at radius 3 is 1.91 bits per heavy atom. The van der Waals surface area contributed by atoms with Gasteiger partial charge < -0.3 is 0 Å². The minimum Gasteiger partial charge on any atom is -0.209 e. The zero-order valence-electron chi connectivity index (χ0n) is 19.1. The largest absolute Gasteiger partial charge is 0.209 e. The van der Waals surface area contributed by atoms with Gasteiger partial charge in [-0.1, -0.05) is 104 Å². The Balaban J connectivity index is 1.85. The van der Waals surface area contributed by atoms with Gasteiger partial charge in [-0.2, -0.15) is 0 Å². The molecule has 4 rings (SSSR count). The van der Waals surface area contributed by atoms with Crippen LogP contribution in [0.25, 0.3) is 28.3 Å². The monoisotopic (exact) mass is 429 g/mol. The average molecular weight is 430 g/mol. The second kappa shape index (κ2) is 10.0. The third kappa shape index (κ3) is 4.73. The normalized spacial score (nSPS) is 16.5. The molecular formula is C30H27N3. The van der Waals surface area contributed by atoms with E-state index in [0.717, 1.165) is 28.7 Å². The summed E-state index contributed by atoms with van der Waals surface area (Å²) < 4.78 is 0. The third-order valence-corrected chi connectivity index (χ3v) is 5.64. The standard InChI is InChI=1S/C30H27N3/c1-5-14-27-22(6-2)20-25(26(27)7-3)19-21(4)28-31-29(23-15-10-8-11-16-23)33-30(32-28)24-17-12-9-13-18-24/h5-19H,1,3,20H2,2,4H3/b21-19+,22-6-,27-14+. The number of hydrogen-bond acceptors (Lipinski definition) is 3. The van der Waals surface area contributed by atoms with Crippen LogP contribution in [-0.4, -0.2) is 15.0 Å². The summed E-state index contributed by atoms with van der Waals surface area (Å²) in [4.78, 5) is 14.4. The van der Waals surface area contributed by atoms with E-state index in [1.54, 1.807) is 0 Å². The maximum Gasteiger partial charge on any atom is 0.164 e. The van der Waals surface area contributed by atoms with E-state index in [1.807, 2.05) is 78.9 Å². The van der Waals surface area contributed by atoms with Crippen molar-refractivity contribution >= 4 is 5.57 Å². The summed E-state index contributed by atoms with van der Waals surface area (Å²) in [5, 5.41) is 0. The molecular weight excluding hydrogens is 402 g/mol. The van der Waals surface area contributed by atoms with Gasteiger partial charge in [0.25, 0.3) is 0 Å². The highest BCUT2D eigenvalue weighted by molar-refractivity contribution is 5.71. The molecule has 162 valence electrons. The van der Waals surface area contributed by atoms with E-state index >= 15 is 0 Å². The predicted molar refractivity (Wildman–Crippen MR) is 138 cm³/mol. The van der Waals surface area contributed by atoms with Crippen molar-refractivity contribution < 1.29 is 0 Å². The number of rotatable bonds is 6. The van der Waals surface area contributed by atoms with Crippen LogP contribution in [0.1, 0.15) is 26.1 Å². The van der Waals surface area contributed by atoms with Gasteiger partial charge in [-0.3, -0.25) is 0 Å². The van der Waals surface area contributed by atoms with Crippen LogP contribution in [0, 0.1) is 0 Å². The van der Waals surface area contributed by atoms with Gasteiger partial charge >= 0.3 is 0 Å². The highest BCUT2D eigenvalue weighted by Gasteiger charge is 2.21. The van der Waals surface area contributed by atoms with Crippen molar-refractivity contribution in [2.24, 2.45) is 0 Å². The second-order valence-corrected chi connectivity index (χ2v) is 7.82. The first kappa shape index (κ1) is 22.1. The number of aromatic nitrogens is 3. The van der Waals surface area contributed by atoms with Gasteiger partial charge in [-0.15, -0.1) is 0 Å². The zero-order valence-corrected chi connectivity index (χ0v) is 19.1. The maximum absolute atomic E-state index is 4.83. The summed E-state index contributed by atoms with van der Waals surface area (Å²) in [7, 11) is 0. The Hall–Kier alpha value is -4.11. The number of allylic oxidation sites excluding steroid dienone is 10. The van der Waals surface area contributed by atoms with Crippen molar-refractivity contribution in [1.82, 2.24) is 15.0 Å². The number of benzene rings is 2. The Morgan fingerprint density at radius 1 is 0.848 bits per heavy atom. The van der Waals surface area contributed by atoms with Gasteiger partial charge in [0.1, 0.15) is 0 Å². The third-order valence-electron chi connectivity index (χ3n) is 5.64. The van der Waals surface area contributed by atoms with Crippen molar-refractivity contribution in [2.45, 2.75) is 20.3 Å². The molecule has 1 aliphatic carbocycles. The highest BCUT2D eigenvalue weighted by Crippen LogP contribution is 2.38. The van der Waals surface area contributed by atoms with Gasteiger partial charge in [0.2, 0.25) is 0 Å². The molecule has 1 heterocycles. The summed E-state index contributed by atoms with van der Waals surface area (Å²) >= 11 is 0. The fourth-order valence-electron chi connectivity index (χ4n) is 3.99. The number of hydrogen-bond donors (Lipinski definition) is 0. The molecule has 33 heavy (non-hydrogen) atoms. The van der Waals surface area contributed by atoms with E-state index in [2.05, 4.69) is 39.2 Å². The van der Waals surface area contributed by atoms with E-state index in [4.69, 9.17) is 15.0 Å².